The predicted octanol–water partition coefficient (Wildman–Crippen LogP) is 1.81. The Balaban J connectivity index is 2.29. The fourth-order valence-electron chi connectivity index (χ4n) is 2.42. The lowest BCUT2D eigenvalue weighted by Gasteiger charge is -2.30. The van der Waals surface area contributed by atoms with Gasteiger partial charge >= 0.3 is 0 Å². The van der Waals surface area contributed by atoms with Crippen LogP contribution in [-0.4, -0.2) is 54.6 Å². The second-order valence-electron chi connectivity index (χ2n) is 4.77. The van der Waals surface area contributed by atoms with Crippen molar-refractivity contribution in [2.45, 2.75) is 19.4 Å². The van der Waals surface area contributed by atoms with E-state index in [1.807, 2.05) is 7.05 Å². The van der Waals surface area contributed by atoms with Crippen molar-refractivity contribution in [1.82, 2.24) is 14.9 Å². The monoisotopic (exact) mass is 313 g/mol. The molecular formula is C12H20BrN5. The Hall–Kier alpha value is -0.880. The first-order chi connectivity index (χ1) is 8.63. The highest BCUT2D eigenvalue weighted by molar-refractivity contribution is 9.10. The molecule has 1 aliphatic heterocycles. The molecule has 1 saturated heterocycles. The molecule has 1 aromatic rings. The van der Waals surface area contributed by atoms with Crippen LogP contribution in [0.4, 0.5) is 11.6 Å². The normalized spacial score (nSPS) is 21.8. The third-order valence-corrected chi connectivity index (χ3v) is 4.06. The number of anilines is 2. The molecule has 0 aliphatic carbocycles. The highest BCUT2D eigenvalue weighted by Gasteiger charge is 2.23. The first kappa shape index (κ1) is 13.5. The average Bonchev–Trinajstić information content (AvgIpc) is 2.51. The SMILES string of the molecule is CNc1ncnc(N2CCCN(C)CC2C)c1Br. The quantitative estimate of drug-likeness (QED) is 0.902. The van der Waals surface area contributed by atoms with Gasteiger partial charge in [-0.05, 0) is 42.9 Å². The van der Waals surface area contributed by atoms with Gasteiger partial charge in [-0.25, -0.2) is 9.97 Å². The van der Waals surface area contributed by atoms with E-state index in [1.165, 1.54) is 0 Å². The van der Waals surface area contributed by atoms with Gasteiger partial charge in [0, 0.05) is 26.2 Å². The molecule has 0 saturated carbocycles. The van der Waals surface area contributed by atoms with E-state index in [2.05, 4.69) is 55.0 Å². The van der Waals surface area contributed by atoms with Crippen LogP contribution in [0, 0.1) is 0 Å². The molecule has 1 aliphatic rings. The van der Waals surface area contributed by atoms with Crippen molar-refractivity contribution in [2.24, 2.45) is 0 Å². The molecule has 0 spiro atoms. The molecule has 6 heteroatoms. The lowest BCUT2D eigenvalue weighted by Crippen LogP contribution is -2.38. The maximum absolute atomic E-state index is 4.44. The van der Waals surface area contributed by atoms with Crippen molar-refractivity contribution in [3.8, 4) is 0 Å². The van der Waals surface area contributed by atoms with Crippen LogP contribution in [0.5, 0.6) is 0 Å². The van der Waals surface area contributed by atoms with Gasteiger partial charge in [-0.1, -0.05) is 0 Å². The van der Waals surface area contributed by atoms with Gasteiger partial charge in [-0.3, -0.25) is 0 Å². The summed E-state index contributed by atoms with van der Waals surface area (Å²) in [7, 11) is 4.05. The zero-order valence-corrected chi connectivity index (χ0v) is 12.7. The molecule has 0 radical (unpaired) electrons. The highest BCUT2D eigenvalue weighted by Crippen LogP contribution is 2.31. The molecular weight excluding hydrogens is 294 g/mol. The summed E-state index contributed by atoms with van der Waals surface area (Å²) in [6.45, 7) is 5.48. The Morgan fingerprint density at radius 1 is 1.39 bits per heavy atom. The molecule has 1 aromatic heterocycles. The largest absolute Gasteiger partial charge is 0.372 e. The van der Waals surface area contributed by atoms with E-state index >= 15 is 0 Å². The van der Waals surface area contributed by atoms with Gasteiger partial charge in [0.2, 0.25) is 0 Å². The molecule has 1 N–H and O–H groups in total. The lowest BCUT2D eigenvalue weighted by molar-refractivity contribution is 0.337. The van der Waals surface area contributed by atoms with Crippen LogP contribution < -0.4 is 10.2 Å². The number of likely N-dealkylation sites (N-methyl/N-ethyl adjacent to an activating group) is 1. The zero-order chi connectivity index (χ0) is 13.1. The molecule has 1 atom stereocenters. The number of rotatable bonds is 2. The number of hydrogen-bond acceptors (Lipinski definition) is 5. The summed E-state index contributed by atoms with van der Waals surface area (Å²) in [6, 6.07) is 0.452. The maximum atomic E-state index is 4.44. The minimum Gasteiger partial charge on any atom is -0.372 e. The number of halogens is 1. The summed E-state index contributed by atoms with van der Waals surface area (Å²) in [4.78, 5) is 13.4. The van der Waals surface area contributed by atoms with Crippen LogP contribution in [0.1, 0.15) is 13.3 Å². The fourth-order valence-corrected chi connectivity index (χ4v) is 3.05. The van der Waals surface area contributed by atoms with Gasteiger partial charge in [0.15, 0.2) is 0 Å². The molecule has 0 bridgehead atoms. The molecule has 1 unspecified atom stereocenters. The first-order valence-electron chi connectivity index (χ1n) is 6.27. The van der Waals surface area contributed by atoms with E-state index in [0.29, 0.717) is 6.04 Å². The smallest absolute Gasteiger partial charge is 0.148 e. The number of aromatic nitrogens is 2. The summed E-state index contributed by atoms with van der Waals surface area (Å²) in [5, 5.41) is 3.08. The molecule has 2 rings (SSSR count). The number of hydrogen-bond donors (Lipinski definition) is 1. The van der Waals surface area contributed by atoms with Crippen LogP contribution in [-0.2, 0) is 0 Å². The van der Waals surface area contributed by atoms with Crippen molar-refractivity contribution in [1.29, 1.82) is 0 Å². The standard InChI is InChI=1S/C12H20BrN5/c1-9-7-17(3)5-4-6-18(9)12-10(13)11(14-2)15-8-16-12/h8-9H,4-7H2,1-3H3,(H,14,15,16). The van der Waals surface area contributed by atoms with Crippen molar-refractivity contribution < 1.29 is 0 Å². The maximum Gasteiger partial charge on any atom is 0.148 e. The van der Waals surface area contributed by atoms with Gasteiger partial charge in [-0.2, -0.15) is 0 Å². The van der Waals surface area contributed by atoms with Crippen molar-refractivity contribution in [3.05, 3.63) is 10.8 Å². The molecule has 18 heavy (non-hydrogen) atoms. The minimum absolute atomic E-state index is 0.452. The summed E-state index contributed by atoms with van der Waals surface area (Å²) in [5.74, 6) is 1.82. The van der Waals surface area contributed by atoms with Crippen LogP contribution in [0.2, 0.25) is 0 Å². The van der Waals surface area contributed by atoms with Crippen molar-refractivity contribution >= 4 is 27.6 Å². The van der Waals surface area contributed by atoms with Gasteiger partial charge in [0.05, 0.1) is 0 Å². The Bertz CT molecular complexity index is 411. The van der Waals surface area contributed by atoms with Gasteiger partial charge < -0.3 is 15.1 Å². The first-order valence-corrected chi connectivity index (χ1v) is 7.06. The lowest BCUT2D eigenvalue weighted by atomic mass is 10.2. The zero-order valence-electron chi connectivity index (χ0n) is 11.1. The summed E-state index contributed by atoms with van der Waals surface area (Å²) >= 11 is 3.60. The van der Waals surface area contributed by atoms with E-state index < -0.39 is 0 Å². The van der Waals surface area contributed by atoms with Crippen molar-refractivity contribution in [3.63, 3.8) is 0 Å². The van der Waals surface area contributed by atoms with E-state index in [4.69, 9.17) is 0 Å². The molecule has 1 fully saturated rings. The Morgan fingerprint density at radius 3 is 2.89 bits per heavy atom. The minimum atomic E-state index is 0.452. The van der Waals surface area contributed by atoms with E-state index in [9.17, 15) is 0 Å². The molecule has 100 valence electrons. The highest BCUT2D eigenvalue weighted by atomic mass is 79.9. The van der Waals surface area contributed by atoms with Crippen LogP contribution in [0.3, 0.4) is 0 Å². The molecule has 0 aromatic carbocycles. The average molecular weight is 314 g/mol. The second kappa shape index (κ2) is 5.84. The van der Waals surface area contributed by atoms with Crippen molar-refractivity contribution in [2.75, 3.05) is 43.9 Å². The molecule has 2 heterocycles. The van der Waals surface area contributed by atoms with Crippen LogP contribution in [0.15, 0.2) is 10.8 Å². The van der Waals surface area contributed by atoms with Gasteiger partial charge in [0.25, 0.3) is 0 Å². The summed E-state index contributed by atoms with van der Waals surface area (Å²) in [6.07, 6.45) is 2.78. The second-order valence-corrected chi connectivity index (χ2v) is 5.56. The van der Waals surface area contributed by atoms with E-state index in [1.54, 1.807) is 6.33 Å². The fraction of sp³-hybridized carbons (Fsp3) is 0.667. The number of nitrogens with zero attached hydrogens (tertiary/aromatic N) is 4. The van der Waals surface area contributed by atoms with E-state index in [0.717, 1.165) is 42.2 Å². The molecule has 0 amide bonds. The Labute approximate surface area is 117 Å². The van der Waals surface area contributed by atoms with Gasteiger partial charge in [0.1, 0.15) is 22.4 Å². The summed E-state index contributed by atoms with van der Waals surface area (Å²) in [5.41, 5.74) is 0. The third kappa shape index (κ3) is 2.75. The number of nitrogens with one attached hydrogen (secondary N) is 1. The topological polar surface area (TPSA) is 44.3 Å². The third-order valence-electron chi connectivity index (χ3n) is 3.33. The summed E-state index contributed by atoms with van der Waals surface area (Å²) < 4.78 is 0.948. The Kier molecular flexibility index (Phi) is 4.40. The van der Waals surface area contributed by atoms with Gasteiger partial charge in [-0.15, -0.1) is 0 Å². The van der Waals surface area contributed by atoms with Crippen LogP contribution >= 0.6 is 15.9 Å². The molecule has 5 nitrogen and oxygen atoms in total. The predicted molar refractivity (Wildman–Crippen MR) is 78.2 cm³/mol. The van der Waals surface area contributed by atoms with Crippen LogP contribution in [0.25, 0.3) is 0 Å². The van der Waals surface area contributed by atoms with E-state index in [-0.39, 0.29) is 0 Å². The Morgan fingerprint density at radius 2 is 2.17 bits per heavy atom.